The van der Waals surface area contributed by atoms with Gasteiger partial charge in [0.2, 0.25) is 5.91 Å². The van der Waals surface area contributed by atoms with E-state index in [9.17, 15) is 9.59 Å². The van der Waals surface area contributed by atoms with Crippen molar-refractivity contribution in [1.29, 1.82) is 0 Å². The van der Waals surface area contributed by atoms with Gasteiger partial charge in [0.05, 0.1) is 18.6 Å². The van der Waals surface area contributed by atoms with E-state index in [1.54, 1.807) is 6.26 Å². The summed E-state index contributed by atoms with van der Waals surface area (Å²) in [4.78, 5) is 24.4. The van der Waals surface area contributed by atoms with Gasteiger partial charge in [-0.25, -0.2) is 0 Å². The number of carbonyl (C=O) groups is 2. The average molecular weight is 273 g/mol. The number of thioether (sulfide) groups is 1. The second kappa shape index (κ2) is 4.93. The molecule has 0 saturated carbocycles. The summed E-state index contributed by atoms with van der Waals surface area (Å²) < 4.78 is 5.42. The maximum absolute atomic E-state index is 11.6. The zero-order chi connectivity index (χ0) is 13.2. The molecule has 0 aliphatic carbocycles. The third-order valence-corrected chi connectivity index (χ3v) is 3.83. The molecule has 96 valence electrons. The van der Waals surface area contributed by atoms with Gasteiger partial charge < -0.3 is 4.42 Å². The number of amides is 2. The Labute approximate surface area is 114 Å². The lowest BCUT2D eigenvalue weighted by atomic mass is 10.1. The van der Waals surface area contributed by atoms with E-state index in [0.717, 1.165) is 22.9 Å². The predicted molar refractivity (Wildman–Crippen MR) is 72.5 cm³/mol. The van der Waals surface area contributed by atoms with Crippen LogP contribution >= 0.6 is 11.8 Å². The predicted octanol–water partition coefficient (Wildman–Crippen LogP) is 3.14. The van der Waals surface area contributed by atoms with Gasteiger partial charge >= 0.3 is 0 Å². The van der Waals surface area contributed by atoms with Crippen LogP contribution in [0.5, 0.6) is 0 Å². The highest BCUT2D eigenvalue weighted by molar-refractivity contribution is 8.14. The van der Waals surface area contributed by atoms with Crippen molar-refractivity contribution in [1.82, 2.24) is 4.90 Å². The molecule has 0 atom stereocenters. The molecule has 5 heteroatoms. The summed E-state index contributed by atoms with van der Waals surface area (Å²) in [6.07, 6.45) is 1.58. The van der Waals surface area contributed by atoms with Crippen LogP contribution in [0.1, 0.15) is 5.76 Å². The first-order chi connectivity index (χ1) is 9.25. The number of furan rings is 1. The van der Waals surface area contributed by atoms with Crippen LogP contribution in [-0.4, -0.2) is 21.8 Å². The second-order valence-corrected chi connectivity index (χ2v) is 5.08. The van der Waals surface area contributed by atoms with Gasteiger partial charge in [-0.2, -0.15) is 0 Å². The summed E-state index contributed by atoms with van der Waals surface area (Å²) in [6.45, 7) is 0.196. The molecule has 0 bridgehead atoms. The summed E-state index contributed by atoms with van der Waals surface area (Å²) in [5, 5.41) is -0.208. The first-order valence-corrected chi connectivity index (χ1v) is 6.83. The zero-order valence-electron chi connectivity index (χ0n) is 10.0. The molecule has 1 aromatic carbocycles. The Bertz CT molecular complexity index is 605. The minimum atomic E-state index is -0.208. The number of hydrogen-bond acceptors (Lipinski definition) is 4. The Balaban J connectivity index is 1.89. The molecule has 19 heavy (non-hydrogen) atoms. The maximum Gasteiger partial charge on any atom is 0.289 e. The third kappa shape index (κ3) is 2.29. The van der Waals surface area contributed by atoms with E-state index in [2.05, 4.69) is 0 Å². The first-order valence-electron chi connectivity index (χ1n) is 5.84. The van der Waals surface area contributed by atoms with Crippen LogP contribution < -0.4 is 0 Å². The van der Waals surface area contributed by atoms with Crippen molar-refractivity contribution in [3.8, 4) is 11.1 Å². The Kier molecular flexibility index (Phi) is 3.13. The lowest BCUT2D eigenvalue weighted by Crippen LogP contribution is -2.27. The number of carbonyl (C=O) groups excluding carboxylic acids is 2. The van der Waals surface area contributed by atoms with E-state index in [0.29, 0.717) is 5.76 Å². The molecule has 2 aromatic rings. The van der Waals surface area contributed by atoms with E-state index in [4.69, 9.17) is 4.42 Å². The summed E-state index contributed by atoms with van der Waals surface area (Å²) in [5.41, 5.74) is 1.93. The smallest absolute Gasteiger partial charge is 0.289 e. The lowest BCUT2D eigenvalue weighted by Gasteiger charge is -2.12. The van der Waals surface area contributed by atoms with Gasteiger partial charge in [-0.1, -0.05) is 42.1 Å². The molecule has 0 N–H and O–H groups in total. The van der Waals surface area contributed by atoms with Crippen molar-refractivity contribution in [2.75, 3.05) is 5.75 Å². The standard InChI is InChI=1S/C14H11NO3S/c16-13-9-19-14(17)15(13)8-12-11(6-7-18-12)10-4-2-1-3-5-10/h1-7H,8-9H2. The highest BCUT2D eigenvalue weighted by atomic mass is 32.2. The number of nitrogens with zero attached hydrogens (tertiary/aromatic N) is 1. The Morgan fingerprint density at radius 1 is 1.16 bits per heavy atom. The molecule has 0 spiro atoms. The van der Waals surface area contributed by atoms with Gasteiger partial charge in [0.1, 0.15) is 5.76 Å². The second-order valence-electron chi connectivity index (χ2n) is 4.16. The summed E-state index contributed by atoms with van der Waals surface area (Å²) in [7, 11) is 0. The van der Waals surface area contributed by atoms with Gasteiger partial charge in [0.15, 0.2) is 0 Å². The van der Waals surface area contributed by atoms with Crippen molar-refractivity contribution in [2.45, 2.75) is 6.54 Å². The number of rotatable bonds is 3. The Morgan fingerprint density at radius 3 is 2.63 bits per heavy atom. The van der Waals surface area contributed by atoms with E-state index in [1.807, 2.05) is 36.4 Å². The van der Waals surface area contributed by atoms with Crippen molar-refractivity contribution in [3.05, 3.63) is 48.4 Å². The van der Waals surface area contributed by atoms with E-state index < -0.39 is 0 Å². The van der Waals surface area contributed by atoms with Crippen LogP contribution in [0.15, 0.2) is 47.1 Å². The summed E-state index contributed by atoms with van der Waals surface area (Å²) in [6, 6.07) is 11.6. The molecular formula is C14H11NO3S. The molecular weight excluding hydrogens is 262 g/mol. The first kappa shape index (κ1) is 12.0. The van der Waals surface area contributed by atoms with Crippen molar-refractivity contribution >= 4 is 22.9 Å². The average Bonchev–Trinajstić information content (AvgIpc) is 3.02. The SMILES string of the molecule is O=C1CSC(=O)N1Cc1occc1-c1ccccc1. The van der Waals surface area contributed by atoms with Crippen molar-refractivity contribution in [3.63, 3.8) is 0 Å². The van der Waals surface area contributed by atoms with E-state index >= 15 is 0 Å². The molecule has 0 radical (unpaired) electrons. The summed E-state index contributed by atoms with van der Waals surface area (Å²) >= 11 is 1.03. The van der Waals surface area contributed by atoms with Gasteiger partial charge in [0, 0.05) is 5.56 Å². The van der Waals surface area contributed by atoms with Gasteiger partial charge in [-0.3, -0.25) is 14.5 Å². The monoisotopic (exact) mass is 273 g/mol. The number of imide groups is 1. The van der Waals surface area contributed by atoms with Crippen LogP contribution in [0, 0.1) is 0 Å². The molecule has 1 aliphatic rings. The molecule has 4 nitrogen and oxygen atoms in total. The quantitative estimate of drug-likeness (QED) is 0.862. The highest BCUT2D eigenvalue weighted by Crippen LogP contribution is 2.28. The van der Waals surface area contributed by atoms with Gasteiger partial charge in [0.25, 0.3) is 5.24 Å². The minimum absolute atomic E-state index is 0.162. The molecule has 0 unspecified atom stereocenters. The van der Waals surface area contributed by atoms with Gasteiger partial charge in [-0.15, -0.1) is 0 Å². The van der Waals surface area contributed by atoms with Crippen LogP contribution in [0.3, 0.4) is 0 Å². The van der Waals surface area contributed by atoms with E-state index in [-0.39, 0.29) is 23.4 Å². The third-order valence-electron chi connectivity index (χ3n) is 2.97. The van der Waals surface area contributed by atoms with Crippen LogP contribution in [0.25, 0.3) is 11.1 Å². The molecule has 2 amide bonds. The largest absolute Gasteiger partial charge is 0.467 e. The Hall–Kier alpha value is -2.01. The Morgan fingerprint density at radius 2 is 1.95 bits per heavy atom. The molecule has 1 aliphatic heterocycles. The molecule has 1 fully saturated rings. The van der Waals surface area contributed by atoms with Crippen LogP contribution in [0.2, 0.25) is 0 Å². The maximum atomic E-state index is 11.6. The van der Waals surface area contributed by atoms with Crippen molar-refractivity contribution < 1.29 is 14.0 Å². The molecule has 2 heterocycles. The van der Waals surface area contributed by atoms with Gasteiger partial charge in [-0.05, 0) is 11.6 Å². The fourth-order valence-electron chi connectivity index (χ4n) is 2.02. The molecule has 3 rings (SSSR count). The topological polar surface area (TPSA) is 50.5 Å². The van der Waals surface area contributed by atoms with Crippen LogP contribution in [0.4, 0.5) is 4.79 Å². The van der Waals surface area contributed by atoms with Crippen molar-refractivity contribution in [2.24, 2.45) is 0 Å². The summed E-state index contributed by atoms with van der Waals surface area (Å²) in [5.74, 6) is 0.695. The fourth-order valence-corrected chi connectivity index (χ4v) is 2.74. The minimum Gasteiger partial charge on any atom is -0.467 e. The van der Waals surface area contributed by atoms with Crippen LogP contribution in [-0.2, 0) is 11.3 Å². The fraction of sp³-hybridized carbons (Fsp3) is 0.143. The molecule has 1 saturated heterocycles. The normalized spacial score (nSPS) is 15.3. The highest BCUT2D eigenvalue weighted by Gasteiger charge is 2.31. The lowest BCUT2D eigenvalue weighted by molar-refractivity contribution is -0.125. The molecule has 1 aromatic heterocycles. The van der Waals surface area contributed by atoms with E-state index in [1.165, 1.54) is 4.90 Å². The number of hydrogen-bond donors (Lipinski definition) is 0. The zero-order valence-corrected chi connectivity index (χ0v) is 10.9. The number of benzene rings is 1.